The molecule has 1 aromatic heterocycles. The smallest absolute Gasteiger partial charge is 0.250 e. The van der Waals surface area contributed by atoms with Crippen molar-refractivity contribution in [3.63, 3.8) is 0 Å². The van der Waals surface area contributed by atoms with Crippen molar-refractivity contribution in [2.24, 2.45) is 5.41 Å². The lowest BCUT2D eigenvalue weighted by Crippen LogP contribution is -2.32. The van der Waals surface area contributed by atoms with Crippen LogP contribution in [0.1, 0.15) is 27.2 Å². The van der Waals surface area contributed by atoms with Gasteiger partial charge in [-0.15, -0.1) is 11.3 Å². The van der Waals surface area contributed by atoms with Gasteiger partial charge in [0.15, 0.2) is 0 Å². The third kappa shape index (κ3) is 4.62. The molecular formula is C11H18BrNO3S2. The minimum Gasteiger partial charge on any atom is -0.393 e. The van der Waals surface area contributed by atoms with Crippen LogP contribution in [0.25, 0.3) is 0 Å². The Labute approximate surface area is 121 Å². The summed E-state index contributed by atoms with van der Waals surface area (Å²) in [6, 6.07) is 3.25. The third-order valence-electron chi connectivity index (χ3n) is 2.52. The number of aliphatic hydroxyl groups is 1. The van der Waals surface area contributed by atoms with Gasteiger partial charge in [0, 0.05) is 6.54 Å². The second-order valence-corrected chi connectivity index (χ2v) is 9.58. The summed E-state index contributed by atoms with van der Waals surface area (Å²) in [4.78, 5) is 0. The summed E-state index contributed by atoms with van der Waals surface area (Å²) < 4.78 is 27.3. The molecule has 1 rings (SSSR count). The molecule has 1 unspecified atom stereocenters. The van der Waals surface area contributed by atoms with Crippen molar-refractivity contribution in [2.75, 3.05) is 6.54 Å². The SMILES string of the molecule is CC(C)(C)C(O)CCNS(=O)(=O)c1ccc(Br)s1. The molecule has 0 saturated carbocycles. The van der Waals surface area contributed by atoms with Crippen molar-refractivity contribution in [1.82, 2.24) is 4.72 Å². The highest BCUT2D eigenvalue weighted by molar-refractivity contribution is 9.11. The normalized spacial score (nSPS) is 14.7. The number of nitrogens with one attached hydrogen (secondary N) is 1. The Morgan fingerprint density at radius 2 is 2.06 bits per heavy atom. The van der Waals surface area contributed by atoms with Crippen molar-refractivity contribution in [2.45, 2.75) is 37.5 Å². The lowest BCUT2D eigenvalue weighted by molar-refractivity contribution is 0.0571. The van der Waals surface area contributed by atoms with Crippen LogP contribution in [-0.2, 0) is 10.0 Å². The molecule has 1 heterocycles. The number of hydrogen-bond acceptors (Lipinski definition) is 4. The molecule has 0 fully saturated rings. The molecule has 0 radical (unpaired) electrons. The summed E-state index contributed by atoms with van der Waals surface area (Å²) in [6.45, 7) is 5.99. The Balaban J connectivity index is 2.54. The number of hydrogen-bond donors (Lipinski definition) is 2. The number of rotatable bonds is 5. The number of sulfonamides is 1. The van der Waals surface area contributed by atoms with Crippen LogP contribution < -0.4 is 4.72 Å². The maximum Gasteiger partial charge on any atom is 0.250 e. The summed E-state index contributed by atoms with van der Waals surface area (Å²) in [7, 11) is -3.45. The molecule has 1 aromatic rings. The van der Waals surface area contributed by atoms with Gasteiger partial charge in [0.1, 0.15) is 4.21 Å². The van der Waals surface area contributed by atoms with Gasteiger partial charge in [0.2, 0.25) is 10.0 Å². The van der Waals surface area contributed by atoms with Crippen LogP contribution in [0.4, 0.5) is 0 Å². The van der Waals surface area contributed by atoms with Crippen molar-refractivity contribution < 1.29 is 13.5 Å². The van der Waals surface area contributed by atoms with Crippen molar-refractivity contribution >= 4 is 37.3 Å². The van der Waals surface area contributed by atoms with Gasteiger partial charge in [0.05, 0.1) is 9.89 Å². The third-order valence-corrected chi connectivity index (χ3v) is 6.10. The van der Waals surface area contributed by atoms with E-state index in [1.54, 1.807) is 12.1 Å². The van der Waals surface area contributed by atoms with Crippen LogP contribution in [0.15, 0.2) is 20.1 Å². The fourth-order valence-electron chi connectivity index (χ4n) is 1.28. The lowest BCUT2D eigenvalue weighted by Gasteiger charge is -2.25. The number of thiophene rings is 1. The van der Waals surface area contributed by atoms with Crippen LogP contribution in [0.3, 0.4) is 0 Å². The Kier molecular flexibility index (Phi) is 5.37. The fourth-order valence-corrected chi connectivity index (χ4v) is 4.38. The molecule has 0 bridgehead atoms. The molecular weight excluding hydrogens is 338 g/mol. The van der Waals surface area contributed by atoms with Crippen LogP contribution in [0.5, 0.6) is 0 Å². The second-order valence-electron chi connectivity index (χ2n) is 5.13. The highest BCUT2D eigenvalue weighted by Gasteiger charge is 2.23. The van der Waals surface area contributed by atoms with Gasteiger partial charge in [-0.1, -0.05) is 20.8 Å². The molecule has 0 aliphatic rings. The predicted molar refractivity (Wildman–Crippen MR) is 77.3 cm³/mol. The lowest BCUT2D eigenvalue weighted by atomic mass is 9.87. The summed E-state index contributed by atoms with van der Waals surface area (Å²) >= 11 is 4.39. The average Bonchev–Trinajstić information content (AvgIpc) is 2.63. The van der Waals surface area contributed by atoms with E-state index >= 15 is 0 Å². The zero-order valence-corrected chi connectivity index (χ0v) is 13.8. The zero-order valence-electron chi connectivity index (χ0n) is 10.6. The molecule has 4 nitrogen and oxygen atoms in total. The number of aliphatic hydroxyl groups excluding tert-OH is 1. The van der Waals surface area contributed by atoms with E-state index in [1.165, 1.54) is 0 Å². The van der Waals surface area contributed by atoms with Gasteiger partial charge in [-0.2, -0.15) is 0 Å². The van der Waals surface area contributed by atoms with E-state index in [1.807, 2.05) is 20.8 Å². The van der Waals surface area contributed by atoms with E-state index in [0.29, 0.717) is 6.42 Å². The van der Waals surface area contributed by atoms with Gasteiger partial charge in [-0.25, -0.2) is 13.1 Å². The van der Waals surface area contributed by atoms with Crippen LogP contribution >= 0.6 is 27.3 Å². The molecule has 104 valence electrons. The quantitative estimate of drug-likeness (QED) is 0.852. The first-order valence-electron chi connectivity index (χ1n) is 5.56. The summed E-state index contributed by atoms with van der Waals surface area (Å²) in [5.74, 6) is 0. The van der Waals surface area contributed by atoms with E-state index in [-0.39, 0.29) is 16.2 Å². The Hall–Kier alpha value is 0.0500. The number of halogens is 1. The molecule has 1 atom stereocenters. The summed E-state index contributed by atoms with van der Waals surface area (Å²) in [6.07, 6.45) is -0.134. The van der Waals surface area contributed by atoms with Crippen molar-refractivity contribution in [1.29, 1.82) is 0 Å². The van der Waals surface area contributed by atoms with Gasteiger partial charge in [0.25, 0.3) is 0 Å². The van der Waals surface area contributed by atoms with Gasteiger partial charge in [-0.3, -0.25) is 0 Å². The standard InChI is InChI=1S/C11H18BrNO3S2/c1-11(2,3)8(14)6-7-13-18(15,16)10-5-4-9(12)17-10/h4-5,8,13-14H,6-7H2,1-3H3. The highest BCUT2D eigenvalue weighted by atomic mass is 79.9. The van der Waals surface area contributed by atoms with E-state index in [9.17, 15) is 13.5 Å². The molecule has 0 aromatic carbocycles. The molecule has 2 N–H and O–H groups in total. The largest absolute Gasteiger partial charge is 0.393 e. The zero-order chi connectivity index (χ0) is 14.0. The van der Waals surface area contributed by atoms with Gasteiger partial charge < -0.3 is 5.11 Å². The van der Waals surface area contributed by atoms with E-state index < -0.39 is 16.1 Å². The fraction of sp³-hybridized carbons (Fsp3) is 0.636. The Bertz CT molecular complexity index is 491. The maximum absolute atomic E-state index is 11.9. The molecule has 0 aliphatic carbocycles. The first-order chi connectivity index (χ1) is 8.13. The van der Waals surface area contributed by atoms with E-state index in [2.05, 4.69) is 20.7 Å². The average molecular weight is 356 g/mol. The first kappa shape index (κ1) is 16.1. The molecule has 18 heavy (non-hydrogen) atoms. The highest BCUT2D eigenvalue weighted by Crippen LogP contribution is 2.26. The predicted octanol–water partition coefficient (Wildman–Crippen LogP) is 2.59. The van der Waals surface area contributed by atoms with Crippen molar-refractivity contribution in [3.05, 3.63) is 15.9 Å². The van der Waals surface area contributed by atoms with Crippen LogP contribution in [0, 0.1) is 5.41 Å². The summed E-state index contributed by atoms with van der Waals surface area (Å²) in [5, 5.41) is 9.82. The first-order valence-corrected chi connectivity index (χ1v) is 8.65. The van der Waals surface area contributed by atoms with E-state index in [0.717, 1.165) is 15.1 Å². The minimum absolute atomic E-state index is 0.232. The van der Waals surface area contributed by atoms with Crippen LogP contribution in [-0.4, -0.2) is 26.2 Å². The molecule has 0 aliphatic heterocycles. The second kappa shape index (κ2) is 6.00. The van der Waals surface area contributed by atoms with Crippen LogP contribution in [0.2, 0.25) is 0 Å². The maximum atomic E-state index is 11.9. The molecule has 0 amide bonds. The van der Waals surface area contributed by atoms with Gasteiger partial charge >= 0.3 is 0 Å². The Morgan fingerprint density at radius 3 is 2.50 bits per heavy atom. The van der Waals surface area contributed by atoms with E-state index in [4.69, 9.17) is 0 Å². The Morgan fingerprint density at radius 1 is 1.44 bits per heavy atom. The van der Waals surface area contributed by atoms with Gasteiger partial charge in [-0.05, 0) is 39.9 Å². The molecule has 0 spiro atoms. The monoisotopic (exact) mass is 355 g/mol. The summed E-state index contributed by atoms with van der Waals surface area (Å²) in [5.41, 5.74) is -0.239. The molecule has 0 saturated heterocycles. The van der Waals surface area contributed by atoms with Crippen molar-refractivity contribution in [3.8, 4) is 0 Å². The topological polar surface area (TPSA) is 66.4 Å². The minimum atomic E-state index is -3.45. The molecule has 7 heteroatoms.